The van der Waals surface area contributed by atoms with Gasteiger partial charge in [-0.25, -0.2) is 9.78 Å². The van der Waals surface area contributed by atoms with Crippen LogP contribution in [0.2, 0.25) is 0 Å². The molecule has 1 unspecified atom stereocenters. The molecule has 2 N–H and O–H groups in total. The normalized spacial score (nSPS) is 24.3. The highest BCUT2D eigenvalue weighted by Crippen LogP contribution is 2.28. The van der Waals surface area contributed by atoms with E-state index in [1.54, 1.807) is 11.3 Å². The maximum atomic E-state index is 12.4. The second-order valence-corrected chi connectivity index (χ2v) is 7.14. The van der Waals surface area contributed by atoms with Gasteiger partial charge in [-0.2, -0.15) is 0 Å². The molecule has 120 valence electrons. The fourth-order valence-corrected chi connectivity index (χ4v) is 4.62. The molecule has 0 spiro atoms. The van der Waals surface area contributed by atoms with Gasteiger partial charge in [-0.15, -0.1) is 11.3 Å². The topological polar surface area (TPSA) is 66.7 Å². The van der Waals surface area contributed by atoms with Crippen LogP contribution in [0.5, 0.6) is 0 Å². The largest absolute Gasteiger partial charge is 0.336 e. The number of thiazole rings is 1. The van der Waals surface area contributed by atoms with Crippen molar-refractivity contribution in [3.05, 3.63) is 29.3 Å². The highest BCUT2D eigenvalue weighted by Gasteiger charge is 2.36. The molecular formula is C16H19N4O2S+. The Hall–Kier alpha value is -1.99. The molecule has 4 rings (SSSR count). The quantitative estimate of drug-likeness (QED) is 0.864. The summed E-state index contributed by atoms with van der Waals surface area (Å²) in [6.07, 6.45) is 2.14. The molecule has 1 aromatic heterocycles. The molecule has 2 aliphatic rings. The number of benzene rings is 1. The van der Waals surface area contributed by atoms with Crippen LogP contribution in [0.4, 0.5) is 4.79 Å². The van der Waals surface area contributed by atoms with Crippen molar-refractivity contribution in [2.24, 2.45) is 0 Å². The summed E-state index contributed by atoms with van der Waals surface area (Å²) in [4.78, 5) is 31.3. The van der Waals surface area contributed by atoms with Gasteiger partial charge in [0.15, 0.2) is 11.6 Å². The van der Waals surface area contributed by atoms with E-state index in [0.29, 0.717) is 19.6 Å². The van der Waals surface area contributed by atoms with Crippen molar-refractivity contribution in [1.29, 1.82) is 0 Å². The monoisotopic (exact) mass is 331 g/mol. The first-order valence-electron chi connectivity index (χ1n) is 8.00. The van der Waals surface area contributed by atoms with Gasteiger partial charge >= 0.3 is 6.03 Å². The van der Waals surface area contributed by atoms with Crippen LogP contribution in [-0.2, 0) is 4.79 Å². The third-order valence-corrected chi connectivity index (χ3v) is 5.78. The van der Waals surface area contributed by atoms with Crippen molar-refractivity contribution < 1.29 is 14.5 Å². The Morgan fingerprint density at radius 2 is 2.30 bits per heavy atom. The lowest BCUT2D eigenvalue weighted by molar-refractivity contribution is -0.910. The number of hydrogen-bond acceptors (Lipinski definition) is 4. The minimum atomic E-state index is -0.259. The van der Waals surface area contributed by atoms with E-state index in [2.05, 4.69) is 11.4 Å². The van der Waals surface area contributed by atoms with Crippen LogP contribution in [-0.4, -0.2) is 48.0 Å². The van der Waals surface area contributed by atoms with Gasteiger partial charge in [0.2, 0.25) is 0 Å². The summed E-state index contributed by atoms with van der Waals surface area (Å²) in [5, 5.41) is 3.79. The molecule has 3 heterocycles. The van der Waals surface area contributed by atoms with Crippen LogP contribution in [0.1, 0.15) is 23.9 Å². The van der Waals surface area contributed by atoms with Crippen molar-refractivity contribution in [1.82, 2.24) is 15.2 Å². The fourth-order valence-electron chi connectivity index (χ4n) is 3.46. The average Bonchev–Trinajstić information content (AvgIpc) is 3.24. The molecule has 2 fully saturated rings. The SMILES string of the molecule is O=C(C[NH+]1CCC[C@@H]1c1nc2ccccc2s1)N1CCNC1=O. The number of hydrogen-bond donors (Lipinski definition) is 2. The molecule has 7 heteroatoms. The number of imide groups is 1. The van der Waals surface area contributed by atoms with Crippen molar-refractivity contribution in [3.8, 4) is 0 Å². The Kier molecular flexibility index (Phi) is 3.74. The Labute approximate surface area is 138 Å². The van der Waals surface area contributed by atoms with E-state index in [1.807, 2.05) is 18.2 Å². The van der Waals surface area contributed by atoms with Gasteiger partial charge in [0.25, 0.3) is 5.91 Å². The van der Waals surface area contributed by atoms with Crippen molar-refractivity contribution in [2.75, 3.05) is 26.2 Å². The lowest BCUT2D eigenvalue weighted by Gasteiger charge is -2.21. The van der Waals surface area contributed by atoms with E-state index in [0.717, 1.165) is 29.9 Å². The molecule has 0 aliphatic carbocycles. The molecule has 2 atom stereocenters. The number of aromatic nitrogens is 1. The van der Waals surface area contributed by atoms with Gasteiger partial charge in [-0.3, -0.25) is 9.69 Å². The van der Waals surface area contributed by atoms with Crippen LogP contribution >= 0.6 is 11.3 Å². The van der Waals surface area contributed by atoms with Gasteiger partial charge in [0.1, 0.15) is 6.04 Å². The zero-order valence-corrected chi connectivity index (χ0v) is 13.6. The highest BCUT2D eigenvalue weighted by molar-refractivity contribution is 7.18. The zero-order chi connectivity index (χ0) is 15.8. The molecule has 6 nitrogen and oxygen atoms in total. The van der Waals surface area contributed by atoms with Crippen LogP contribution in [0.25, 0.3) is 10.2 Å². The second kappa shape index (κ2) is 5.90. The number of likely N-dealkylation sites (tertiary alicyclic amines) is 1. The van der Waals surface area contributed by atoms with Gasteiger partial charge in [0, 0.05) is 25.9 Å². The first kappa shape index (κ1) is 14.6. The number of amides is 3. The maximum absolute atomic E-state index is 12.4. The Morgan fingerprint density at radius 3 is 3.09 bits per heavy atom. The summed E-state index contributed by atoms with van der Waals surface area (Å²) >= 11 is 1.72. The Morgan fingerprint density at radius 1 is 1.43 bits per heavy atom. The molecule has 2 saturated heterocycles. The van der Waals surface area contributed by atoms with E-state index in [4.69, 9.17) is 4.98 Å². The minimum absolute atomic E-state index is 0.0805. The van der Waals surface area contributed by atoms with Crippen molar-refractivity contribution >= 4 is 33.5 Å². The maximum Gasteiger partial charge on any atom is 0.324 e. The minimum Gasteiger partial charge on any atom is -0.336 e. The number of fused-ring (bicyclic) bond motifs is 1. The Balaban J connectivity index is 1.52. The van der Waals surface area contributed by atoms with E-state index in [9.17, 15) is 9.59 Å². The van der Waals surface area contributed by atoms with Gasteiger partial charge < -0.3 is 10.2 Å². The van der Waals surface area contributed by atoms with Crippen molar-refractivity contribution in [3.63, 3.8) is 0 Å². The number of carbonyl (C=O) groups is 2. The van der Waals surface area contributed by atoms with Gasteiger partial charge in [-0.1, -0.05) is 12.1 Å². The molecular weight excluding hydrogens is 312 g/mol. The highest BCUT2D eigenvalue weighted by atomic mass is 32.1. The standard InChI is InChI=1S/C16H18N4O2S/c21-14(20-9-7-17-16(20)22)10-19-8-3-5-12(19)15-18-11-4-1-2-6-13(11)23-15/h1-2,4,6,12H,3,5,7-10H2,(H,17,22)/p+1/t12-/m1/s1. The molecule has 1 aromatic carbocycles. The number of quaternary nitrogens is 1. The van der Waals surface area contributed by atoms with Crippen LogP contribution < -0.4 is 10.2 Å². The number of para-hydroxylation sites is 1. The summed E-state index contributed by atoms with van der Waals surface area (Å²) in [5.41, 5.74) is 1.03. The second-order valence-electron chi connectivity index (χ2n) is 6.08. The molecule has 2 aromatic rings. The Bertz CT molecular complexity index is 726. The summed E-state index contributed by atoms with van der Waals surface area (Å²) < 4.78 is 1.19. The van der Waals surface area contributed by atoms with E-state index in [1.165, 1.54) is 14.5 Å². The predicted molar refractivity (Wildman–Crippen MR) is 87.4 cm³/mol. The summed E-state index contributed by atoms with van der Waals surface area (Å²) in [6, 6.07) is 8.15. The lowest BCUT2D eigenvalue weighted by Crippen LogP contribution is -3.11. The lowest BCUT2D eigenvalue weighted by atomic mass is 10.2. The van der Waals surface area contributed by atoms with E-state index >= 15 is 0 Å². The van der Waals surface area contributed by atoms with Gasteiger partial charge in [-0.05, 0) is 12.1 Å². The fraction of sp³-hybridized carbons (Fsp3) is 0.438. The number of nitrogens with one attached hydrogen (secondary N) is 2. The smallest absolute Gasteiger partial charge is 0.324 e. The summed E-state index contributed by atoms with van der Waals surface area (Å²) in [6.45, 7) is 2.37. The molecule has 0 bridgehead atoms. The van der Waals surface area contributed by atoms with E-state index in [-0.39, 0.29) is 18.0 Å². The number of urea groups is 1. The number of carbonyl (C=O) groups excluding carboxylic acids is 2. The molecule has 23 heavy (non-hydrogen) atoms. The third-order valence-electron chi connectivity index (χ3n) is 4.63. The molecule has 2 aliphatic heterocycles. The van der Waals surface area contributed by atoms with Crippen LogP contribution in [0, 0.1) is 0 Å². The summed E-state index contributed by atoms with van der Waals surface area (Å²) in [5.74, 6) is -0.0805. The molecule has 0 saturated carbocycles. The van der Waals surface area contributed by atoms with Crippen LogP contribution in [0.15, 0.2) is 24.3 Å². The molecule has 0 radical (unpaired) electrons. The molecule has 3 amide bonds. The number of nitrogens with zero attached hydrogens (tertiary/aromatic N) is 2. The van der Waals surface area contributed by atoms with Crippen molar-refractivity contribution in [2.45, 2.75) is 18.9 Å². The zero-order valence-electron chi connectivity index (χ0n) is 12.7. The van der Waals surface area contributed by atoms with Gasteiger partial charge in [0.05, 0.1) is 16.8 Å². The third kappa shape index (κ3) is 2.70. The van der Waals surface area contributed by atoms with E-state index < -0.39 is 0 Å². The van der Waals surface area contributed by atoms with Crippen LogP contribution in [0.3, 0.4) is 0 Å². The first-order valence-corrected chi connectivity index (χ1v) is 8.82. The predicted octanol–water partition coefficient (Wildman–Crippen LogP) is 0.568. The first-order chi connectivity index (χ1) is 11.2. The average molecular weight is 331 g/mol. The summed E-state index contributed by atoms with van der Waals surface area (Å²) in [7, 11) is 0. The number of rotatable bonds is 3.